The summed E-state index contributed by atoms with van der Waals surface area (Å²) in [7, 11) is 3.72. The number of anilines is 1. The third-order valence-corrected chi connectivity index (χ3v) is 5.72. The van der Waals surface area contributed by atoms with Crippen LogP contribution in [0.4, 0.5) is 5.13 Å². The summed E-state index contributed by atoms with van der Waals surface area (Å²) in [4.78, 5) is 21.4. The van der Waals surface area contributed by atoms with Gasteiger partial charge in [-0.05, 0) is 25.7 Å². The van der Waals surface area contributed by atoms with Gasteiger partial charge in [0.05, 0.1) is 11.8 Å². The topological polar surface area (TPSA) is 67.2 Å². The molecular weight excluding hydrogens is 324 g/mol. The lowest BCUT2D eigenvalue weighted by Gasteiger charge is -2.36. The number of piperidine rings is 1. The van der Waals surface area contributed by atoms with Crippen LogP contribution in [0.1, 0.15) is 47.8 Å². The molecule has 0 N–H and O–H groups in total. The van der Waals surface area contributed by atoms with Gasteiger partial charge in [0, 0.05) is 56.9 Å². The number of carbonyl (C=O) groups is 1. The van der Waals surface area contributed by atoms with E-state index in [4.69, 9.17) is 4.98 Å². The molecule has 0 unspecified atom stereocenters. The Morgan fingerprint density at radius 2 is 2.04 bits per heavy atom. The summed E-state index contributed by atoms with van der Waals surface area (Å²) >= 11 is 1.51. The van der Waals surface area contributed by atoms with Crippen molar-refractivity contribution in [1.82, 2.24) is 24.0 Å². The van der Waals surface area contributed by atoms with Crippen LogP contribution in [0.25, 0.3) is 0 Å². The molecule has 7 nitrogen and oxygen atoms in total. The van der Waals surface area contributed by atoms with Gasteiger partial charge in [-0.3, -0.25) is 9.48 Å². The molecule has 2 fully saturated rings. The molecule has 2 aromatic heterocycles. The Balaban J connectivity index is 1.35. The van der Waals surface area contributed by atoms with Crippen molar-refractivity contribution in [1.29, 1.82) is 0 Å². The van der Waals surface area contributed by atoms with E-state index in [1.54, 1.807) is 17.1 Å². The number of aromatic nitrogens is 4. The van der Waals surface area contributed by atoms with Gasteiger partial charge in [0.1, 0.15) is 5.82 Å². The number of hydrogen-bond acceptors (Lipinski definition) is 6. The highest BCUT2D eigenvalue weighted by Crippen LogP contribution is 2.40. The molecule has 0 radical (unpaired) electrons. The smallest absolute Gasteiger partial charge is 0.257 e. The first-order valence-corrected chi connectivity index (χ1v) is 9.23. The van der Waals surface area contributed by atoms with Crippen LogP contribution >= 0.6 is 11.5 Å². The molecule has 0 bridgehead atoms. The van der Waals surface area contributed by atoms with Gasteiger partial charge in [-0.2, -0.15) is 9.47 Å². The molecule has 2 aliphatic rings. The summed E-state index contributed by atoms with van der Waals surface area (Å²) in [6.07, 6.45) is 7.80. The molecule has 2 aromatic rings. The molecular formula is C16H22N6OS. The molecule has 1 aliphatic carbocycles. The fourth-order valence-electron chi connectivity index (χ4n) is 3.21. The van der Waals surface area contributed by atoms with Crippen LogP contribution in [0.3, 0.4) is 0 Å². The maximum absolute atomic E-state index is 12.5. The Hall–Kier alpha value is -1.96. The molecule has 1 amide bonds. The fraction of sp³-hybridized carbons (Fsp3) is 0.625. The highest BCUT2D eigenvalue weighted by Gasteiger charge is 2.31. The highest BCUT2D eigenvalue weighted by atomic mass is 32.1. The largest absolute Gasteiger partial charge is 0.347 e. The number of aryl methyl sites for hydroxylation is 1. The first kappa shape index (κ1) is 15.6. The Morgan fingerprint density at radius 3 is 2.67 bits per heavy atom. The second-order valence-corrected chi connectivity index (χ2v) is 7.48. The lowest BCUT2D eigenvalue weighted by Crippen LogP contribution is -2.45. The molecule has 8 heteroatoms. The second-order valence-electron chi connectivity index (χ2n) is 6.75. The minimum absolute atomic E-state index is 0.0495. The van der Waals surface area contributed by atoms with Crippen molar-refractivity contribution in [3.8, 4) is 0 Å². The third-order valence-electron chi connectivity index (χ3n) is 4.93. The SMILES string of the molecule is CN(C(=O)c1cnn(C)c1)C1CCN(c2nc(C3CC3)ns2)CC1. The standard InChI is InChI=1S/C16H22N6OS/c1-20-10-12(9-17-20)15(23)21(2)13-5-7-22(8-6-13)16-18-14(19-24-16)11-3-4-11/h9-11,13H,3-8H2,1-2H3. The van der Waals surface area contributed by atoms with E-state index in [0.29, 0.717) is 11.5 Å². The monoisotopic (exact) mass is 346 g/mol. The maximum Gasteiger partial charge on any atom is 0.257 e. The van der Waals surface area contributed by atoms with Crippen LogP contribution in [-0.2, 0) is 7.05 Å². The van der Waals surface area contributed by atoms with Gasteiger partial charge in [-0.15, -0.1) is 0 Å². The van der Waals surface area contributed by atoms with Crippen LogP contribution < -0.4 is 4.90 Å². The Morgan fingerprint density at radius 1 is 1.29 bits per heavy atom. The van der Waals surface area contributed by atoms with Gasteiger partial charge >= 0.3 is 0 Å². The number of carbonyl (C=O) groups excluding carboxylic acids is 1. The van der Waals surface area contributed by atoms with Crippen molar-refractivity contribution in [2.75, 3.05) is 25.0 Å². The Bertz CT molecular complexity index is 729. The van der Waals surface area contributed by atoms with E-state index in [9.17, 15) is 4.79 Å². The first-order chi connectivity index (χ1) is 11.6. The van der Waals surface area contributed by atoms with E-state index in [1.165, 1.54) is 24.4 Å². The van der Waals surface area contributed by atoms with Crippen LogP contribution in [0.2, 0.25) is 0 Å². The van der Waals surface area contributed by atoms with Gasteiger partial charge in [-0.1, -0.05) is 0 Å². The number of nitrogens with zero attached hydrogens (tertiary/aromatic N) is 6. The molecule has 4 rings (SSSR count). The van der Waals surface area contributed by atoms with Crippen molar-refractivity contribution in [2.45, 2.75) is 37.6 Å². The van der Waals surface area contributed by atoms with Crippen LogP contribution in [0.5, 0.6) is 0 Å². The van der Waals surface area contributed by atoms with Crippen molar-refractivity contribution in [2.24, 2.45) is 7.05 Å². The van der Waals surface area contributed by atoms with Gasteiger partial charge in [0.25, 0.3) is 5.91 Å². The average molecular weight is 346 g/mol. The highest BCUT2D eigenvalue weighted by molar-refractivity contribution is 7.09. The molecule has 0 atom stereocenters. The molecule has 1 saturated carbocycles. The minimum Gasteiger partial charge on any atom is -0.347 e. The van der Waals surface area contributed by atoms with Crippen molar-refractivity contribution in [3.05, 3.63) is 23.8 Å². The molecule has 128 valence electrons. The van der Waals surface area contributed by atoms with Crippen LogP contribution in [0, 0.1) is 0 Å². The zero-order valence-electron chi connectivity index (χ0n) is 14.1. The van der Waals surface area contributed by atoms with Crippen molar-refractivity contribution < 1.29 is 4.79 Å². The van der Waals surface area contributed by atoms with E-state index in [0.717, 1.165) is 36.9 Å². The Kier molecular flexibility index (Phi) is 3.99. The van der Waals surface area contributed by atoms with E-state index < -0.39 is 0 Å². The molecule has 0 aromatic carbocycles. The maximum atomic E-state index is 12.5. The minimum atomic E-state index is 0.0495. The predicted octanol–water partition coefficient (Wildman–Crippen LogP) is 1.89. The zero-order chi connectivity index (χ0) is 16.7. The number of hydrogen-bond donors (Lipinski definition) is 0. The van der Waals surface area contributed by atoms with Crippen molar-refractivity contribution in [3.63, 3.8) is 0 Å². The third kappa shape index (κ3) is 3.02. The summed E-state index contributed by atoms with van der Waals surface area (Å²) in [6.45, 7) is 1.85. The quantitative estimate of drug-likeness (QED) is 0.846. The van der Waals surface area contributed by atoms with Crippen molar-refractivity contribution >= 4 is 22.6 Å². The summed E-state index contributed by atoms with van der Waals surface area (Å²) < 4.78 is 6.16. The van der Waals surface area contributed by atoms with E-state index >= 15 is 0 Å². The lowest BCUT2D eigenvalue weighted by atomic mass is 10.0. The van der Waals surface area contributed by atoms with Gasteiger partial charge in [-0.25, -0.2) is 4.98 Å². The zero-order valence-corrected chi connectivity index (χ0v) is 14.9. The molecule has 1 saturated heterocycles. The molecule has 1 aliphatic heterocycles. The summed E-state index contributed by atoms with van der Waals surface area (Å²) in [5.41, 5.74) is 0.653. The molecule has 0 spiro atoms. The van der Waals surface area contributed by atoms with Crippen LogP contribution in [-0.4, -0.2) is 56.1 Å². The van der Waals surface area contributed by atoms with Gasteiger partial charge < -0.3 is 9.80 Å². The normalized spacial score (nSPS) is 18.8. The van der Waals surface area contributed by atoms with E-state index in [-0.39, 0.29) is 11.9 Å². The second kappa shape index (κ2) is 6.16. The lowest BCUT2D eigenvalue weighted by molar-refractivity contribution is 0.0709. The predicted molar refractivity (Wildman–Crippen MR) is 92.4 cm³/mol. The van der Waals surface area contributed by atoms with E-state index in [1.807, 2.05) is 19.0 Å². The summed E-state index contributed by atoms with van der Waals surface area (Å²) in [5.74, 6) is 1.69. The first-order valence-electron chi connectivity index (χ1n) is 8.46. The van der Waals surface area contributed by atoms with Gasteiger partial charge in [0.2, 0.25) is 5.13 Å². The van der Waals surface area contributed by atoms with E-state index in [2.05, 4.69) is 14.4 Å². The summed E-state index contributed by atoms with van der Waals surface area (Å²) in [5, 5.41) is 5.12. The molecule has 3 heterocycles. The summed E-state index contributed by atoms with van der Waals surface area (Å²) in [6, 6.07) is 0.268. The number of rotatable bonds is 4. The van der Waals surface area contributed by atoms with Crippen LogP contribution in [0.15, 0.2) is 12.4 Å². The number of amides is 1. The Labute approximate surface area is 145 Å². The fourth-order valence-corrected chi connectivity index (χ4v) is 4.01. The average Bonchev–Trinajstić information content (AvgIpc) is 3.17. The molecule has 24 heavy (non-hydrogen) atoms. The van der Waals surface area contributed by atoms with Gasteiger partial charge in [0.15, 0.2) is 0 Å².